The zero-order chi connectivity index (χ0) is 11.5. The number of aromatic nitrogens is 2. The van der Waals surface area contributed by atoms with Gasteiger partial charge in [-0.05, 0) is 25.7 Å². The number of halogens is 2. The number of alkyl halides is 1. The van der Waals surface area contributed by atoms with Crippen molar-refractivity contribution in [1.29, 1.82) is 0 Å². The molecule has 1 aromatic rings. The van der Waals surface area contributed by atoms with E-state index in [2.05, 4.69) is 16.7 Å². The van der Waals surface area contributed by atoms with Crippen LogP contribution in [0.2, 0.25) is 5.02 Å². The van der Waals surface area contributed by atoms with E-state index in [4.69, 9.17) is 23.2 Å². The predicted octanol–water partition coefficient (Wildman–Crippen LogP) is 4.21. The van der Waals surface area contributed by atoms with Crippen LogP contribution in [0.4, 0.5) is 0 Å². The van der Waals surface area contributed by atoms with Crippen LogP contribution in [0.3, 0.4) is 0 Å². The van der Waals surface area contributed by atoms with Crippen LogP contribution in [0, 0.1) is 0 Å². The minimum Gasteiger partial charge on any atom is -0.268 e. The third-order valence-corrected chi connectivity index (χ3v) is 3.95. The van der Waals surface area contributed by atoms with Crippen molar-refractivity contribution in [3.05, 3.63) is 16.9 Å². The van der Waals surface area contributed by atoms with E-state index < -0.39 is 0 Å². The van der Waals surface area contributed by atoms with Gasteiger partial charge in [-0.25, -0.2) is 0 Å². The summed E-state index contributed by atoms with van der Waals surface area (Å²) >= 11 is 12.5. The molecule has 2 rings (SSSR count). The molecule has 1 aromatic heterocycles. The van der Waals surface area contributed by atoms with E-state index >= 15 is 0 Å². The molecule has 0 aromatic carbocycles. The lowest BCUT2D eigenvalue weighted by Crippen LogP contribution is -2.18. The molecule has 2 unspecified atom stereocenters. The van der Waals surface area contributed by atoms with Gasteiger partial charge < -0.3 is 0 Å². The average molecular weight is 261 g/mol. The Morgan fingerprint density at radius 3 is 3.00 bits per heavy atom. The highest BCUT2D eigenvalue weighted by molar-refractivity contribution is 6.31. The molecule has 2 nitrogen and oxygen atoms in total. The second kappa shape index (κ2) is 5.42. The molecule has 1 fully saturated rings. The van der Waals surface area contributed by atoms with Crippen molar-refractivity contribution in [3.63, 3.8) is 0 Å². The lowest BCUT2D eigenvalue weighted by atomic mass is 9.86. The van der Waals surface area contributed by atoms with Crippen molar-refractivity contribution >= 4 is 23.2 Å². The van der Waals surface area contributed by atoms with Crippen LogP contribution in [0.1, 0.15) is 50.6 Å². The van der Waals surface area contributed by atoms with Crippen LogP contribution in [0.25, 0.3) is 0 Å². The second-order valence-electron chi connectivity index (χ2n) is 4.56. The van der Waals surface area contributed by atoms with Gasteiger partial charge >= 0.3 is 0 Å². The lowest BCUT2D eigenvalue weighted by molar-refractivity contribution is 0.418. The van der Waals surface area contributed by atoms with Crippen molar-refractivity contribution in [1.82, 2.24) is 9.78 Å². The van der Waals surface area contributed by atoms with Gasteiger partial charge in [-0.3, -0.25) is 4.68 Å². The van der Waals surface area contributed by atoms with Gasteiger partial charge in [0.05, 0.1) is 16.9 Å². The Morgan fingerprint density at radius 1 is 1.50 bits per heavy atom. The Labute approximate surface area is 107 Å². The monoisotopic (exact) mass is 260 g/mol. The van der Waals surface area contributed by atoms with E-state index in [0.717, 1.165) is 30.8 Å². The first-order valence-corrected chi connectivity index (χ1v) is 6.89. The summed E-state index contributed by atoms with van der Waals surface area (Å²) < 4.78 is 2.06. The highest BCUT2D eigenvalue weighted by Crippen LogP contribution is 2.38. The Balaban J connectivity index is 2.20. The van der Waals surface area contributed by atoms with Gasteiger partial charge in [0.2, 0.25) is 0 Å². The molecule has 1 aliphatic carbocycles. The Bertz CT molecular complexity index is 349. The van der Waals surface area contributed by atoms with E-state index in [-0.39, 0.29) is 0 Å². The molecular weight excluding hydrogens is 243 g/mol. The summed E-state index contributed by atoms with van der Waals surface area (Å²) in [5, 5.41) is 5.46. The van der Waals surface area contributed by atoms with Crippen LogP contribution >= 0.6 is 23.2 Å². The maximum absolute atomic E-state index is 6.24. The summed E-state index contributed by atoms with van der Waals surface area (Å²) in [6, 6.07) is 0. The zero-order valence-electron chi connectivity index (χ0n) is 9.63. The molecule has 0 amide bonds. The van der Waals surface area contributed by atoms with Crippen LogP contribution < -0.4 is 0 Å². The molecule has 0 saturated heterocycles. The Kier molecular flexibility index (Phi) is 4.15. The average Bonchev–Trinajstić information content (AvgIpc) is 2.60. The van der Waals surface area contributed by atoms with Gasteiger partial charge in [-0.2, -0.15) is 5.10 Å². The van der Waals surface area contributed by atoms with E-state index in [1.54, 1.807) is 6.20 Å². The van der Waals surface area contributed by atoms with Crippen LogP contribution in [0.15, 0.2) is 6.20 Å². The maximum atomic E-state index is 6.24. The third kappa shape index (κ3) is 2.54. The molecule has 0 spiro atoms. The van der Waals surface area contributed by atoms with E-state index in [1.165, 1.54) is 18.5 Å². The fraction of sp³-hybridized carbons (Fsp3) is 0.750. The minimum atomic E-state index is 0.305. The maximum Gasteiger partial charge on any atom is 0.0820 e. The third-order valence-electron chi connectivity index (χ3n) is 3.27. The second-order valence-corrected chi connectivity index (χ2v) is 5.59. The molecule has 16 heavy (non-hydrogen) atoms. The van der Waals surface area contributed by atoms with Gasteiger partial charge in [0, 0.05) is 17.8 Å². The van der Waals surface area contributed by atoms with Gasteiger partial charge in [0.1, 0.15) is 0 Å². The summed E-state index contributed by atoms with van der Waals surface area (Å²) in [7, 11) is 0. The van der Waals surface area contributed by atoms with Crippen molar-refractivity contribution in [2.75, 3.05) is 0 Å². The van der Waals surface area contributed by atoms with Crippen molar-refractivity contribution in [2.24, 2.45) is 0 Å². The van der Waals surface area contributed by atoms with Gasteiger partial charge in [0.25, 0.3) is 0 Å². The highest BCUT2D eigenvalue weighted by Gasteiger charge is 2.26. The van der Waals surface area contributed by atoms with E-state index in [1.807, 2.05) is 0 Å². The molecule has 4 heteroatoms. The molecule has 0 N–H and O–H groups in total. The van der Waals surface area contributed by atoms with Gasteiger partial charge in [-0.1, -0.05) is 24.9 Å². The minimum absolute atomic E-state index is 0.305. The van der Waals surface area contributed by atoms with Crippen LogP contribution in [-0.2, 0) is 6.54 Å². The molecule has 1 heterocycles. The first-order valence-electron chi connectivity index (χ1n) is 6.07. The first-order chi connectivity index (χ1) is 7.72. The number of hydrogen-bond donors (Lipinski definition) is 0. The zero-order valence-corrected chi connectivity index (χ0v) is 11.1. The Hall–Kier alpha value is -0.210. The van der Waals surface area contributed by atoms with Crippen molar-refractivity contribution in [2.45, 2.75) is 56.9 Å². The molecule has 1 aliphatic rings. The largest absolute Gasteiger partial charge is 0.268 e. The topological polar surface area (TPSA) is 17.8 Å². The molecule has 0 bridgehead atoms. The molecule has 2 atom stereocenters. The Morgan fingerprint density at radius 2 is 2.31 bits per heavy atom. The highest BCUT2D eigenvalue weighted by atomic mass is 35.5. The van der Waals surface area contributed by atoms with Crippen LogP contribution in [-0.4, -0.2) is 15.2 Å². The van der Waals surface area contributed by atoms with Crippen molar-refractivity contribution < 1.29 is 0 Å². The molecule has 0 aliphatic heterocycles. The SMILES string of the molecule is CCCn1ncc(Cl)c1C1CCCC(Cl)C1. The summed E-state index contributed by atoms with van der Waals surface area (Å²) in [6.07, 6.45) is 7.42. The quantitative estimate of drug-likeness (QED) is 0.745. The molecular formula is C12H18Cl2N2. The summed E-state index contributed by atoms with van der Waals surface area (Å²) in [6.45, 7) is 3.11. The van der Waals surface area contributed by atoms with Crippen LogP contribution in [0.5, 0.6) is 0 Å². The fourth-order valence-electron chi connectivity index (χ4n) is 2.55. The first kappa shape index (κ1) is 12.3. The summed E-state index contributed by atoms with van der Waals surface area (Å²) in [5.41, 5.74) is 1.20. The number of aryl methyl sites for hydroxylation is 1. The van der Waals surface area contributed by atoms with Gasteiger partial charge in [0.15, 0.2) is 0 Å². The summed E-state index contributed by atoms with van der Waals surface area (Å²) in [5.74, 6) is 0.498. The summed E-state index contributed by atoms with van der Waals surface area (Å²) in [4.78, 5) is 0. The van der Waals surface area contributed by atoms with E-state index in [9.17, 15) is 0 Å². The van der Waals surface area contributed by atoms with Crippen molar-refractivity contribution in [3.8, 4) is 0 Å². The number of nitrogens with zero attached hydrogens (tertiary/aromatic N) is 2. The molecule has 0 radical (unpaired) electrons. The molecule has 1 saturated carbocycles. The predicted molar refractivity (Wildman–Crippen MR) is 68.4 cm³/mol. The fourth-order valence-corrected chi connectivity index (χ4v) is 3.21. The number of rotatable bonds is 3. The standard InChI is InChI=1S/C12H18Cl2N2/c1-2-6-16-12(11(14)8-15-16)9-4-3-5-10(13)7-9/h8-10H,2-7H2,1H3. The van der Waals surface area contributed by atoms with E-state index in [0.29, 0.717) is 11.3 Å². The molecule has 90 valence electrons. The van der Waals surface area contributed by atoms with Gasteiger partial charge in [-0.15, -0.1) is 11.6 Å². The normalized spacial score (nSPS) is 25.9. The lowest BCUT2D eigenvalue weighted by Gasteiger charge is -2.26. The number of hydrogen-bond acceptors (Lipinski definition) is 1. The smallest absolute Gasteiger partial charge is 0.0820 e.